The molecule has 0 radical (unpaired) electrons. The maximum atomic E-state index is 5.09. The summed E-state index contributed by atoms with van der Waals surface area (Å²) >= 11 is 0. The van der Waals surface area contributed by atoms with Gasteiger partial charge in [-0.2, -0.15) is 5.10 Å². The van der Waals surface area contributed by atoms with Crippen molar-refractivity contribution in [1.29, 1.82) is 0 Å². The molecule has 5 heteroatoms. The van der Waals surface area contributed by atoms with Crippen molar-refractivity contribution in [3.8, 4) is 0 Å². The van der Waals surface area contributed by atoms with Gasteiger partial charge in [0.2, 0.25) is 12.1 Å². The van der Waals surface area contributed by atoms with Gasteiger partial charge in [-0.05, 0) is 12.8 Å². The minimum absolute atomic E-state index is 0.450. The molecule has 2 rings (SSSR count). The molecular formula is C9H15N3O2. The van der Waals surface area contributed by atoms with Gasteiger partial charge in [0.15, 0.2) is 0 Å². The molecule has 78 valence electrons. The van der Waals surface area contributed by atoms with Gasteiger partial charge in [-0.15, -0.1) is 0 Å². The Morgan fingerprint density at radius 1 is 1.36 bits per heavy atom. The first-order chi connectivity index (χ1) is 6.76. The van der Waals surface area contributed by atoms with Crippen molar-refractivity contribution in [1.82, 2.24) is 14.8 Å². The number of methoxy groups -OCH3 is 2. The summed E-state index contributed by atoms with van der Waals surface area (Å²) in [7, 11) is 5.08. The molecule has 1 aliphatic rings. The smallest absolute Gasteiger partial charge is 0.220 e. The molecule has 0 spiro atoms. The van der Waals surface area contributed by atoms with E-state index in [9.17, 15) is 0 Å². The van der Waals surface area contributed by atoms with E-state index in [1.807, 2.05) is 11.7 Å². The molecule has 0 aromatic carbocycles. The number of hydrogen-bond acceptors (Lipinski definition) is 4. The molecule has 5 nitrogen and oxygen atoms in total. The first-order valence-corrected chi connectivity index (χ1v) is 4.72. The second-order valence-electron chi connectivity index (χ2n) is 3.53. The number of aromatic nitrogens is 3. The van der Waals surface area contributed by atoms with E-state index < -0.39 is 6.29 Å². The minimum atomic E-state index is -0.450. The van der Waals surface area contributed by atoms with Crippen LogP contribution in [0.25, 0.3) is 0 Å². The van der Waals surface area contributed by atoms with Gasteiger partial charge in [-0.3, -0.25) is 4.68 Å². The Morgan fingerprint density at radius 3 is 2.50 bits per heavy atom. The van der Waals surface area contributed by atoms with Crippen LogP contribution < -0.4 is 0 Å². The highest BCUT2D eigenvalue weighted by atomic mass is 16.7. The van der Waals surface area contributed by atoms with Gasteiger partial charge in [0, 0.05) is 27.2 Å². The fourth-order valence-electron chi connectivity index (χ4n) is 1.52. The molecule has 1 saturated carbocycles. The van der Waals surface area contributed by atoms with Gasteiger partial charge in [-0.1, -0.05) is 0 Å². The number of aryl methyl sites for hydroxylation is 1. The Hall–Kier alpha value is -0.940. The normalized spacial score (nSPS) is 16.6. The van der Waals surface area contributed by atoms with Gasteiger partial charge in [0.25, 0.3) is 0 Å². The maximum absolute atomic E-state index is 5.09. The summed E-state index contributed by atoms with van der Waals surface area (Å²) in [5.41, 5.74) is 0. The number of rotatable bonds is 4. The maximum Gasteiger partial charge on any atom is 0.220 e. The van der Waals surface area contributed by atoms with E-state index in [2.05, 4.69) is 10.1 Å². The lowest BCUT2D eigenvalue weighted by Gasteiger charge is -2.07. The summed E-state index contributed by atoms with van der Waals surface area (Å²) in [6.07, 6.45) is 1.99. The largest absolute Gasteiger partial charge is 0.349 e. The average Bonchev–Trinajstić information content (AvgIpc) is 2.94. The van der Waals surface area contributed by atoms with Crippen LogP contribution in [-0.2, 0) is 16.5 Å². The molecule has 1 aromatic rings. The van der Waals surface area contributed by atoms with Gasteiger partial charge >= 0.3 is 0 Å². The Kier molecular flexibility index (Phi) is 2.52. The van der Waals surface area contributed by atoms with E-state index in [0.29, 0.717) is 11.7 Å². The predicted molar refractivity (Wildman–Crippen MR) is 49.7 cm³/mol. The molecule has 1 fully saturated rings. The van der Waals surface area contributed by atoms with Crippen molar-refractivity contribution >= 4 is 0 Å². The van der Waals surface area contributed by atoms with Crippen LogP contribution in [0.5, 0.6) is 0 Å². The summed E-state index contributed by atoms with van der Waals surface area (Å²) in [6.45, 7) is 0. The van der Waals surface area contributed by atoms with E-state index in [0.717, 1.165) is 5.82 Å². The lowest BCUT2D eigenvalue weighted by atomic mass is 10.4. The van der Waals surface area contributed by atoms with Crippen LogP contribution in [0.3, 0.4) is 0 Å². The van der Waals surface area contributed by atoms with Crippen LogP contribution in [0.4, 0.5) is 0 Å². The first kappa shape index (κ1) is 9.61. The third kappa shape index (κ3) is 1.65. The second kappa shape index (κ2) is 3.67. The standard InChI is InChI=1S/C9H15N3O2/c1-12-8(6-4-5-6)10-7(11-12)9(13-2)14-3/h6,9H,4-5H2,1-3H3. The third-order valence-corrected chi connectivity index (χ3v) is 2.39. The molecule has 0 aliphatic heterocycles. The van der Waals surface area contributed by atoms with Gasteiger partial charge < -0.3 is 9.47 Å². The molecule has 0 amide bonds. The number of hydrogen-bond donors (Lipinski definition) is 0. The Balaban J connectivity index is 2.21. The van der Waals surface area contributed by atoms with Crippen LogP contribution in [0.1, 0.15) is 36.7 Å². The highest BCUT2D eigenvalue weighted by Gasteiger charge is 2.30. The SMILES string of the molecule is COC(OC)c1nc(C2CC2)n(C)n1. The molecule has 1 aliphatic carbocycles. The molecule has 0 atom stereocenters. The second-order valence-corrected chi connectivity index (χ2v) is 3.53. The zero-order valence-corrected chi connectivity index (χ0v) is 8.73. The zero-order valence-electron chi connectivity index (χ0n) is 8.73. The number of ether oxygens (including phenoxy) is 2. The van der Waals surface area contributed by atoms with E-state index in [-0.39, 0.29) is 0 Å². The average molecular weight is 197 g/mol. The Labute approximate surface area is 83.0 Å². The summed E-state index contributed by atoms with van der Waals surface area (Å²) in [5, 5.41) is 4.27. The third-order valence-electron chi connectivity index (χ3n) is 2.39. The molecule has 0 saturated heterocycles. The van der Waals surface area contributed by atoms with Crippen LogP contribution >= 0.6 is 0 Å². The summed E-state index contributed by atoms with van der Waals surface area (Å²) < 4.78 is 12.0. The summed E-state index contributed by atoms with van der Waals surface area (Å²) in [5.74, 6) is 2.24. The molecule has 0 N–H and O–H groups in total. The molecule has 1 heterocycles. The van der Waals surface area contributed by atoms with Gasteiger partial charge in [-0.25, -0.2) is 4.98 Å². The lowest BCUT2D eigenvalue weighted by Crippen LogP contribution is -2.06. The predicted octanol–water partition coefficient (Wildman–Crippen LogP) is 0.984. The van der Waals surface area contributed by atoms with E-state index in [1.54, 1.807) is 14.2 Å². The first-order valence-electron chi connectivity index (χ1n) is 4.72. The van der Waals surface area contributed by atoms with Crippen molar-refractivity contribution < 1.29 is 9.47 Å². The van der Waals surface area contributed by atoms with Crippen molar-refractivity contribution in [3.63, 3.8) is 0 Å². The highest BCUT2D eigenvalue weighted by molar-refractivity contribution is 5.07. The van der Waals surface area contributed by atoms with Gasteiger partial charge in [0.1, 0.15) is 5.82 Å². The van der Waals surface area contributed by atoms with Crippen molar-refractivity contribution in [2.24, 2.45) is 7.05 Å². The van der Waals surface area contributed by atoms with Crippen molar-refractivity contribution in [3.05, 3.63) is 11.6 Å². The molecule has 1 aromatic heterocycles. The van der Waals surface area contributed by atoms with E-state index in [4.69, 9.17) is 9.47 Å². The fourth-order valence-corrected chi connectivity index (χ4v) is 1.52. The Morgan fingerprint density at radius 2 is 2.00 bits per heavy atom. The van der Waals surface area contributed by atoms with Crippen LogP contribution in [0.2, 0.25) is 0 Å². The van der Waals surface area contributed by atoms with Crippen LogP contribution in [-0.4, -0.2) is 29.0 Å². The summed E-state index contributed by atoms with van der Waals surface area (Å²) in [6, 6.07) is 0. The highest BCUT2D eigenvalue weighted by Crippen LogP contribution is 2.39. The fraction of sp³-hybridized carbons (Fsp3) is 0.778. The van der Waals surface area contributed by atoms with Crippen LogP contribution in [0, 0.1) is 0 Å². The molecule has 0 unspecified atom stereocenters. The summed E-state index contributed by atoms with van der Waals surface area (Å²) in [4.78, 5) is 4.42. The zero-order chi connectivity index (χ0) is 10.1. The van der Waals surface area contributed by atoms with Crippen molar-refractivity contribution in [2.45, 2.75) is 25.0 Å². The lowest BCUT2D eigenvalue weighted by molar-refractivity contribution is -0.111. The van der Waals surface area contributed by atoms with Crippen LogP contribution in [0.15, 0.2) is 0 Å². The monoisotopic (exact) mass is 197 g/mol. The molecule has 0 bridgehead atoms. The topological polar surface area (TPSA) is 49.2 Å². The minimum Gasteiger partial charge on any atom is -0.349 e. The molecular weight excluding hydrogens is 182 g/mol. The number of nitrogens with zero attached hydrogens (tertiary/aromatic N) is 3. The molecule has 14 heavy (non-hydrogen) atoms. The quantitative estimate of drug-likeness (QED) is 0.675. The van der Waals surface area contributed by atoms with Gasteiger partial charge in [0.05, 0.1) is 0 Å². The Bertz CT molecular complexity index is 316. The van der Waals surface area contributed by atoms with Crippen molar-refractivity contribution in [2.75, 3.05) is 14.2 Å². The van der Waals surface area contributed by atoms with E-state index in [1.165, 1.54) is 12.8 Å². The van der Waals surface area contributed by atoms with E-state index >= 15 is 0 Å².